The van der Waals surface area contributed by atoms with Crippen molar-refractivity contribution in [1.29, 1.82) is 0 Å². The maximum absolute atomic E-state index is 12.3. The Morgan fingerprint density at radius 3 is 2.54 bits per heavy atom. The zero-order valence-electron chi connectivity index (χ0n) is 12.5. The maximum Gasteiger partial charge on any atom is 0.257 e. The summed E-state index contributed by atoms with van der Waals surface area (Å²) in [5.74, 6) is -0.331. The molecule has 0 spiro atoms. The van der Waals surface area contributed by atoms with Gasteiger partial charge in [-0.1, -0.05) is 40.9 Å². The van der Waals surface area contributed by atoms with Gasteiger partial charge >= 0.3 is 0 Å². The minimum absolute atomic E-state index is 0.0550. The molecule has 24 heavy (non-hydrogen) atoms. The number of benzene rings is 2. The number of nitrogens with one attached hydrogen (secondary N) is 1. The number of hydrogen-bond donors (Lipinski definition) is 1. The maximum atomic E-state index is 12.3. The Hall–Kier alpha value is -1.75. The first-order chi connectivity index (χ1) is 11.5. The molecule has 1 aliphatic heterocycles. The van der Waals surface area contributed by atoms with Gasteiger partial charge in [-0.15, -0.1) is 0 Å². The van der Waals surface area contributed by atoms with Gasteiger partial charge < -0.3 is 10.2 Å². The van der Waals surface area contributed by atoms with Gasteiger partial charge in [-0.25, -0.2) is 0 Å². The predicted octanol–water partition coefficient (Wildman–Crippen LogP) is 5.03. The van der Waals surface area contributed by atoms with Crippen molar-refractivity contribution >= 4 is 58.0 Å². The van der Waals surface area contributed by atoms with Crippen LogP contribution in [-0.4, -0.2) is 18.4 Å². The number of hydrogen-bond acceptors (Lipinski definition) is 2. The van der Waals surface area contributed by atoms with Crippen LogP contribution in [0.15, 0.2) is 36.4 Å². The summed E-state index contributed by atoms with van der Waals surface area (Å²) in [5.41, 5.74) is 1.44. The van der Waals surface area contributed by atoms with Crippen molar-refractivity contribution in [2.24, 2.45) is 0 Å². The average molecular weight is 384 g/mol. The monoisotopic (exact) mass is 382 g/mol. The lowest BCUT2D eigenvalue weighted by molar-refractivity contribution is -0.117. The molecule has 0 radical (unpaired) electrons. The second-order valence-electron chi connectivity index (χ2n) is 5.37. The molecule has 2 amide bonds. The number of amides is 2. The summed E-state index contributed by atoms with van der Waals surface area (Å²) in [5, 5.41) is 3.64. The van der Waals surface area contributed by atoms with E-state index >= 15 is 0 Å². The lowest BCUT2D eigenvalue weighted by Gasteiger charge is -2.18. The molecule has 2 aromatic rings. The van der Waals surface area contributed by atoms with Crippen LogP contribution >= 0.6 is 34.8 Å². The van der Waals surface area contributed by atoms with Crippen LogP contribution in [0.5, 0.6) is 0 Å². The molecule has 0 aliphatic carbocycles. The van der Waals surface area contributed by atoms with Crippen molar-refractivity contribution in [3.05, 3.63) is 57.0 Å². The van der Waals surface area contributed by atoms with Crippen LogP contribution in [0.4, 0.5) is 11.4 Å². The fourth-order valence-electron chi connectivity index (χ4n) is 2.58. The van der Waals surface area contributed by atoms with Gasteiger partial charge in [0.2, 0.25) is 5.91 Å². The van der Waals surface area contributed by atoms with E-state index in [2.05, 4.69) is 5.32 Å². The van der Waals surface area contributed by atoms with E-state index in [-0.39, 0.29) is 22.4 Å². The van der Waals surface area contributed by atoms with Crippen LogP contribution in [0, 0.1) is 0 Å². The SMILES string of the molecule is O=C(Nc1ccc(N2CCCC2=O)c(Cl)c1)c1cccc(Cl)c1Cl. The van der Waals surface area contributed by atoms with Crippen molar-refractivity contribution < 1.29 is 9.59 Å². The van der Waals surface area contributed by atoms with Crippen molar-refractivity contribution in [2.75, 3.05) is 16.8 Å². The topological polar surface area (TPSA) is 49.4 Å². The molecule has 124 valence electrons. The highest BCUT2D eigenvalue weighted by atomic mass is 35.5. The van der Waals surface area contributed by atoms with Crippen LogP contribution in [0.25, 0.3) is 0 Å². The van der Waals surface area contributed by atoms with E-state index in [1.54, 1.807) is 41.3 Å². The molecule has 0 bridgehead atoms. The summed E-state index contributed by atoms with van der Waals surface area (Å²) in [6.07, 6.45) is 1.35. The summed E-state index contributed by atoms with van der Waals surface area (Å²) < 4.78 is 0. The molecular weight excluding hydrogens is 371 g/mol. The lowest BCUT2D eigenvalue weighted by atomic mass is 10.2. The first-order valence-electron chi connectivity index (χ1n) is 7.32. The summed E-state index contributed by atoms with van der Waals surface area (Å²) in [7, 11) is 0. The predicted molar refractivity (Wildman–Crippen MR) is 97.5 cm³/mol. The third-order valence-corrected chi connectivity index (χ3v) is 4.89. The number of nitrogens with zero attached hydrogens (tertiary/aromatic N) is 1. The molecular formula is C17H13Cl3N2O2. The third kappa shape index (κ3) is 3.36. The zero-order valence-corrected chi connectivity index (χ0v) is 14.8. The van der Waals surface area contributed by atoms with Crippen LogP contribution in [-0.2, 0) is 4.79 Å². The van der Waals surface area contributed by atoms with E-state index in [0.717, 1.165) is 6.42 Å². The highest BCUT2D eigenvalue weighted by Gasteiger charge is 2.23. The van der Waals surface area contributed by atoms with Crippen molar-refractivity contribution in [3.63, 3.8) is 0 Å². The molecule has 7 heteroatoms. The summed E-state index contributed by atoms with van der Waals surface area (Å²) in [6.45, 7) is 0.655. The van der Waals surface area contributed by atoms with Gasteiger partial charge in [-0.2, -0.15) is 0 Å². The van der Waals surface area contributed by atoms with Gasteiger partial charge in [0, 0.05) is 18.7 Å². The minimum atomic E-state index is -0.386. The summed E-state index contributed by atoms with van der Waals surface area (Å²) >= 11 is 18.2. The molecule has 0 saturated carbocycles. The fourth-order valence-corrected chi connectivity index (χ4v) is 3.25. The number of rotatable bonds is 3. The largest absolute Gasteiger partial charge is 0.322 e. The third-order valence-electron chi connectivity index (χ3n) is 3.77. The van der Waals surface area contributed by atoms with E-state index in [4.69, 9.17) is 34.8 Å². The van der Waals surface area contributed by atoms with E-state index in [1.165, 1.54) is 0 Å². The number of carbonyl (C=O) groups excluding carboxylic acids is 2. The zero-order chi connectivity index (χ0) is 17.3. The minimum Gasteiger partial charge on any atom is -0.322 e. The molecule has 0 aromatic heterocycles. The van der Waals surface area contributed by atoms with Gasteiger partial charge in [0.1, 0.15) is 0 Å². The highest BCUT2D eigenvalue weighted by molar-refractivity contribution is 6.44. The quantitative estimate of drug-likeness (QED) is 0.808. The number of carbonyl (C=O) groups is 2. The second-order valence-corrected chi connectivity index (χ2v) is 6.56. The Bertz CT molecular complexity index is 823. The van der Waals surface area contributed by atoms with Gasteiger partial charge in [0.15, 0.2) is 0 Å². The van der Waals surface area contributed by atoms with Crippen LogP contribution in [0.2, 0.25) is 15.1 Å². The van der Waals surface area contributed by atoms with Crippen molar-refractivity contribution in [3.8, 4) is 0 Å². The average Bonchev–Trinajstić information content (AvgIpc) is 2.96. The molecule has 4 nitrogen and oxygen atoms in total. The first-order valence-corrected chi connectivity index (χ1v) is 8.46. The molecule has 1 heterocycles. The van der Waals surface area contributed by atoms with E-state index < -0.39 is 0 Å². The highest BCUT2D eigenvalue weighted by Crippen LogP contribution is 2.32. The van der Waals surface area contributed by atoms with Gasteiger partial charge in [-0.3, -0.25) is 9.59 Å². The van der Waals surface area contributed by atoms with Gasteiger partial charge in [-0.05, 0) is 36.8 Å². The first kappa shape index (κ1) is 17.1. The van der Waals surface area contributed by atoms with Crippen LogP contribution in [0.3, 0.4) is 0 Å². The van der Waals surface area contributed by atoms with E-state index in [9.17, 15) is 9.59 Å². The Kier molecular flexibility index (Phi) is 4.99. The molecule has 2 aromatic carbocycles. The van der Waals surface area contributed by atoms with Crippen molar-refractivity contribution in [2.45, 2.75) is 12.8 Å². The smallest absolute Gasteiger partial charge is 0.257 e. The van der Waals surface area contributed by atoms with E-state index in [1.807, 2.05) is 0 Å². The molecule has 1 aliphatic rings. The Morgan fingerprint density at radius 2 is 1.88 bits per heavy atom. The molecule has 0 atom stereocenters. The molecule has 1 N–H and O–H groups in total. The standard InChI is InChI=1S/C17H13Cl3N2O2/c18-12-4-1-3-11(16(12)20)17(24)21-10-6-7-14(13(19)9-10)22-8-2-5-15(22)23/h1,3-4,6-7,9H,2,5,8H2,(H,21,24). The van der Waals surface area contributed by atoms with Crippen LogP contribution in [0.1, 0.15) is 23.2 Å². The molecule has 1 fully saturated rings. The Labute approximate surface area is 154 Å². The fraction of sp³-hybridized carbons (Fsp3) is 0.176. The molecule has 3 rings (SSSR count). The van der Waals surface area contributed by atoms with Gasteiger partial charge in [0.05, 0.1) is 26.3 Å². The van der Waals surface area contributed by atoms with E-state index in [0.29, 0.717) is 34.4 Å². The number of anilines is 2. The molecule has 0 unspecified atom stereocenters. The molecule has 1 saturated heterocycles. The number of halogens is 3. The van der Waals surface area contributed by atoms with Crippen LogP contribution < -0.4 is 10.2 Å². The summed E-state index contributed by atoms with van der Waals surface area (Å²) in [6, 6.07) is 9.88. The van der Waals surface area contributed by atoms with Crippen molar-refractivity contribution in [1.82, 2.24) is 0 Å². The van der Waals surface area contributed by atoms with Gasteiger partial charge in [0.25, 0.3) is 5.91 Å². The lowest BCUT2D eigenvalue weighted by Crippen LogP contribution is -2.24. The second kappa shape index (κ2) is 7.01. The Balaban J connectivity index is 1.81. The normalized spacial score (nSPS) is 14.1. The summed E-state index contributed by atoms with van der Waals surface area (Å²) in [4.78, 5) is 25.8. The Morgan fingerprint density at radius 1 is 1.08 bits per heavy atom.